The van der Waals surface area contributed by atoms with Crippen LogP contribution < -0.4 is 0 Å². The molecule has 2 aromatic rings. The zero-order chi connectivity index (χ0) is 12.4. The summed E-state index contributed by atoms with van der Waals surface area (Å²) < 4.78 is 0. The Balaban J connectivity index is 2.56. The number of benzene rings is 2. The van der Waals surface area contributed by atoms with E-state index in [0.717, 1.165) is 16.3 Å². The van der Waals surface area contributed by atoms with Gasteiger partial charge in [-0.2, -0.15) is 0 Å². The topological polar surface area (TPSA) is 54.4 Å². The van der Waals surface area contributed by atoms with E-state index in [1.807, 2.05) is 24.3 Å². The highest BCUT2D eigenvalue weighted by atomic mass is 16.4. The zero-order valence-corrected chi connectivity index (χ0v) is 9.43. The van der Waals surface area contributed by atoms with Crippen molar-refractivity contribution < 1.29 is 14.7 Å². The van der Waals surface area contributed by atoms with Gasteiger partial charge in [0.05, 0.1) is 6.42 Å². The summed E-state index contributed by atoms with van der Waals surface area (Å²) in [7, 11) is 0. The summed E-state index contributed by atoms with van der Waals surface area (Å²) in [6, 6.07) is 10.8. The van der Waals surface area contributed by atoms with Crippen molar-refractivity contribution >= 4 is 22.5 Å². The van der Waals surface area contributed by atoms with Gasteiger partial charge in [0.1, 0.15) is 0 Å². The number of hydrogen-bond acceptors (Lipinski definition) is 2. The molecule has 0 heterocycles. The molecule has 3 heteroatoms. The molecule has 0 saturated carbocycles. The van der Waals surface area contributed by atoms with Gasteiger partial charge in [-0.05, 0) is 23.3 Å². The van der Waals surface area contributed by atoms with Crippen molar-refractivity contribution in [3.8, 4) is 0 Å². The minimum atomic E-state index is -0.855. The molecule has 0 radical (unpaired) electrons. The van der Waals surface area contributed by atoms with E-state index in [1.165, 1.54) is 6.92 Å². The van der Waals surface area contributed by atoms with Crippen LogP contribution in [0.25, 0.3) is 10.8 Å². The highest BCUT2D eigenvalue weighted by Crippen LogP contribution is 2.21. The normalized spacial score (nSPS) is 10.4. The monoisotopic (exact) mass is 228 g/mol. The van der Waals surface area contributed by atoms with E-state index in [4.69, 9.17) is 5.11 Å². The summed E-state index contributed by atoms with van der Waals surface area (Å²) in [6.07, 6.45) is 0.000237. The van der Waals surface area contributed by atoms with E-state index in [-0.39, 0.29) is 12.2 Å². The average Bonchev–Trinajstić information content (AvgIpc) is 2.26. The van der Waals surface area contributed by atoms with Crippen LogP contribution in [0.5, 0.6) is 0 Å². The molecule has 0 aliphatic rings. The van der Waals surface area contributed by atoms with E-state index in [0.29, 0.717) is 5.56 Å². The predicted octanol–water partition coefficient (Wildman–Crippen LogP) is 2.67. The fourth-order valence-electron chi connectivity index (χ4n) is 1.92. The Labute approximate surface area is 98.7 Å². The molecule has 3 nitrogen and oxygen atoms in total. The third-order valence-corrected chi connectivity index (χ3v) is 2.68. The quantitative estimate of drug-likeness (QED) is 0.822. The Kier molecular flexibility index (Phi) is 2.91. The average molecular weight is 228 g/mol. The molecule has 86 valence electrons. The van der Waals surface area contributed by atoms with Crippen LogP contribution in [0.15, 0.2) is 36.4 Å². The summed E-state index contributed by atoms with van der Waals surface area (Å²) in [6.45, 7) is 1.53. The molecule has 0 aliphatic carbocycles. The number of carbonyl (C=O) groups excluding carboxylic acids is 1. The number of carboxylic acids is 1. The lowest BCUT2D eigenvalue weighted by molar-refractivity contribution is -0.136. The number of Topliss-reactive ketones (excluding diaryl/α,β-unsaturated/α-hetero) is 1. The van der Waals surface area contributed by atoms with E-state index in [1.54, 1.807) is 12.1 Å². The zero-order valence-electron chi connectivity index (χ0n) is 9.43. The number of carbonyl (C=O) groups is 2. The minimum absolute atomic E-state index is 0.000237. The summed E-state index contributed by atoms with van der Waals surface area (Å²) in [5, 5.41) is 10.5. The van der Waals surface area contributed by atoms with Crippen LogP contribution in [-0.2, 0) is 11.2 Å². The Bertz CT molecular complexity index is 599. The summed E-state index contributed by atoms with van der Waals surface area (Å²) in [5.41, 5.74) is 1.41. The van der Waals surface area contributed by atoms with Crippen LogP contribution in [0, 0.1) is 0 Å². The molecule has 17 heavy (non-hydrogen) atoms. The van der Waals surface area contributed by atoms with Gasteiger partial charge in [-0.3, -0.25) is 9.59 Å². The Morgan fingerprint density at radius 1 is 1.18 bits per heavy atom. The van der Waals surface area contributed by atoms with Gasteiger partial charge < -0.3 is 5.11 Å². The van der Waals surface area contributed by atoms with Gasteiger partial charge in [-0.15, -0.1) is 0 Å². The lowest BCUT2D eigenvalue weighted by Gasteiger charge is -2.05. The SMILES string of the molecule is CC(=O)c1cccc2cc(CC(=O)O)ccc12. The van der Waals surface area contributed by atoms with Gasteiger partial charge in [0.15, 0.2) is 5.78 Å². The van der Waals surface area contributed by atoms with Gasteiger partial charge in [-0.25, -0.2) is 0 Å². The molecule has 0 atom stereocenters. The Morgan fingerprint density at radius 3 is 2.59 bits per heavy atom. The van der Waals surface area contributed by atoms with Gasteiger partial charge >= 0.3 is 5.97 Å². The molecule has 0 aliphatic heterocycles. The van der Waals surface area contributed by atoms with Crippen LogP contribution >= 0.6 is 0 Å². The summed E-state index contributed by atoms with van der Waals surface area (Å²) >= 11 is 0. The summed E-state index contributed by atoms with van der Waals surface area (Å²) in [4.78, 5) is 22.1. The molecular formula is C14H12O3. The van der Waals surface area contributed by atoms with Crippen LogP contribution in [0.2, 0.25) is 0 Å². The molecule has 0 bridgehead atoms. The van der Waals surface area contributed by atoms with E-state index >= 15 is 0 Å². The van der Waals surface area contributed by atoms with Gasteiger partial charge in [0.25, 0.3) is 0 Å². The van der Waals surface area contributed by atoms with Gasteiger partial charge in [-0.1, -0.05) is 36.4 Å². The Hall–Kier alpha value is -2.16. The second-order valence-corrected chi connectivity index (χ2v) is 3.99. The second kappa shape index (κ2) is 4.37. The highest BCUT2D eigenvalue weighted by Gasteiger charge is 2.07. The number of hydrogen-bond donors (Lipinski definition) is 1. The third-order valence-electron chi connectivity index (χ3n) is 2.68. The maximum atomic E-state index is 11.4. The molecule has 1 N–H and O–H groups in total. The molecule has 2 rings (SSSR count). The molecular weight excluding hydrogens is 216 g/mol. The highest BCUT2D eigenvalue weighted by molar-refractivity contribution is 6.07. The number of aliphatic carboxylic acids is 1. The first-order valence-corrected chi connectivity index (χ1v) is 5.32. The predicted molar refractivity (Wildman–Crippen MR) is 65.3 cm³/mol. The maximum absolute atomic E-state index is 11.4. The fraction of sp³-hybridized carbons (Fsp3) is 0.143. The number of fused-ring (bicyclic) bond motifs is 1. The first kappa shape index (κ1) is 11.3. The number of rotatable bonds is 3. The lowest BCUT2D eigenvalue weighted by atomic mass is 9.99. The van der Waals surface area contributed by atoms with Crippen LogP contribution in [0.4, 0.5) is 0 Å². The van der Waals surface area contributed by atoms with Crippen molar-refractivity contribution in [1.82, 2.24) is 0 Å². The molecule has 0 unspecified atom stereocenters. The first-order valence-electron chi connectivity index (χ1n) is 5.32. The van der Waals surface area contributed by atoms with Crippen LogP contribution in [0.1, 0.15) is 22.8 Å². The molecule has 0 aromatic heterocycles. The summed E-state index contributed by atoms with van der Waals surface area (Å²) in [5.74, 6) is -0.839. The maximum Gasteiger partial charge on any atom is 0.307 e. The van der Waals surface area contributed by atoms with Crippen LogP contribution in [-0.4, -0.2) is 16.9 Å². The molecule has 2 aromatic carbocycles. The first-order chi connectivity index (χ1) is 8.08. The molecule has 0 spiro atoms. The standard InChI is InChI=1S/C14H12O3/c1-9(15)12-4-2-3-11-7-10(8-14(16)17)5-6-13(11)12/h2-7H,8H2,1H3,(H,16,17). The van der Waals surface area contributed by atoms with E-state index in [2.05, 4.69) is 0 Å². The fourth-order valence-corrected chi connectivity index (χ4v) is 1.92. The second-order valence-electron chi connectivity index (χ2n) is 3.99. The van der Waals surface area contributed by atoms with Crippen molar-refractivity contribution in [1.29, 1.82) is 0 Å². The van der Waals surface area contributed by atoms with Gasteiger partial charge in [0.2, 0.25) is 0 Å². The van der Waals surface area contributed by atoms with E-state index in [9.17, 15) is 9.59 Å². The Morgan fingerprint density at radius 2 is 1.94 bits per heavy atom. The van der Waals surface area contributed by atoms with Crippen molar-refractivity contribution in [3.05, 3.63) is 47.5 Å². The van der Waals surface area contributed by atoms with Crippen molar-refractivity contribution in [2.75, 3.05) is 0 Å². The molecule has 0 amide bonds. The smallest absolute Gasteiger partial charge is 0.307 e. The number of carboxylic acid groups (broad SMARTS) is 1. The van der Waals surface area contributed by atoms with Crippen molar-refractivity contribution in [3.63, 3.8) is 0 Å². The van der Waals surface area contributed by atoms with Gasteiger partial charge in [0, 0.05) is 5.56 Å². The number of ketones is 1. The third kappa shape index (κ3) is 2.33. The van der Waals surface area contributed by atoms with E-state index < -0.39 is 5.97 Å². The van der Waals surface area contributed by atoms with Crippen molar-refractivity contribution in [2.24, 2.45) is 0 Å². The van der Waals surface area contributed by atoms with Crippen LogP contribution in [0.3, 0.4) is 0 Å². The minimum Gasteiger partial charge on any atom is -0.481 e. The molecule has 0 fully saturated rings. The van der Waals surface area contributed by atoms with Crippen molar-refractivity contribution in [2.45, 2.75) is 13.3 Å². The lowest BCUT2D eigenvalue weighted by Crippen LogP contribution is -2.00. The largest absolute Gasteiger partial charge is 0.481 e. The molecule has 0 saturated heterocycles.